The third-order valence-electron chi connectivity index (χ3n) is 9.60. The number of hydrogen-bond donors (Lipinski definition) is 5. The maximum atomic E-state index is 14.3. The molecule has 3 heterocycles. The number of benzene rings is 3. The van der Waals surface area contributed by atoms with E-state index in [1.165, 1.54) is 11.3 Å². The van der Waals surface area contributed by atoms with Gasteiger partial charge in [-0.15, -0.1) is 11.3 Å². The van der Waals surface area contributed by atoms with Crippen molar-refractivity contribution in [3.63, 3.8) is 0 Å². The van der Waals surface area contributed by atoms with Crippen LogP contribution in [-0.2, 0) is 15.1 Å². The lowest BCUT2D eigenvalue weighted by Gasteiger charge is -2.37. The molecule has 8 N–H and O–H groups in total. The Morgan fingerprint density at radius 1 is 1.07 bits per heavy atom. The first-order valence-corrected chi connectivity index (χ1v) is 16.6. The van der Waals surface area contributed by atoms with E-state index in [2.05, 4.69) is 10.6 Å². The Hall–Kier alpha value is -4.29. The number of ketones is 1. The molecule has 4 atom stereocenters. The highest BCUT2D eigenvalue weighted by Crippen LogP contribution is 2.50. The van der Waals surface area contributed by atoms with E-state index >= 15 is 0 Å². The molecule has 3 aromatic carbocycles. The molecule has 2 amide bonds. The van der Waals surface area contributed by atoms with Crippen LogP contribution in [0.5, 0.6) is 11.5 Å². The van der Waals surface area contributed by atoms with Crippen molar-refractivity contribution in [3.05, 3.63) is 87.8 Å². The largest absolute Gasteiger partial charge is 0.457 e. The molecule has 11 heteroatoms. The summed E-state index contributed by atoms with van der Waals surface area (Å²) in [6.45, 7) is 4.57. The Morgan fingerprint density at radius 3 is 2.59 bits per heavy atom. The first kappa shape index (κ1) is 30.4. The summed E-state index contributed by atoms with van der Waals surface area (Å²) >= 11 is 1.23. The minimum Gasteiger partial charge on any atom is -0.457 e. The minimum atomic E-state index is -1.57. The fourth-order valence-electron chi connectivity index (χ4n) is 7.26. The number of thiophene rings is 1. The highest BCUT2D eigenvalue weighted by Gasteiger charge is 2.49. The van der Waals surface area contributed by atoms with Crippen molar-refractivity contribution in [1.29, 1.82) is 0 Å². The van der Waals surface area contributed by atoms with E-state index in [0.717, 1.165) is 31.4 Å². The zero-order chi connectivity index (χ0) is 32.2. The summed E-state index contributed by atoms with van der Waals surface area (Å²) < 4.78 is 6.69. The summed E-state index contributed by atoms with van der Waals surface area (Å²) in [7, 11) is 0. The van der Waals surface area contributed by atoms with E-state index in [1.54, 1.807) is 18.2 Å². The van der Waals surface area contributed by atoms with Crippen LogP contribution in [0.4, 0.5) is 5.69 Å². The Labute approximate surface area is 271 Å². The standard InChI is InChI=1S/C35H38N6O4S/c1-19-16-23(45-22-7-3-2-4-8-22)9-10-24(19)35(38)25-11-12-26(36)30-27(25)28(29(37)32(35)42)31(46-30)33(43)40-21-6-5-15-41(18-21)34(44)20-13-14-39-17-20/h2-4,7-12,16,20-21,29,39H,5-6,13-15,17-18,36-38H2,1H3,(H,40,43)/t20-,21-,29?,35?/m1/s1. The number of hydrogen-bond acceptors (Lipinski definition) is 9. The summed E-state index contributed by atoms with van der Waals surface area (Å²) in [4.78, 5) is 43.5. The Morgan fingerprint density at radius 2 is 1.85 bits per heavy atom. The monoisotopic (exact) mass is 638 g/mol. The first-order chi connectivity index (χ1) is 22.2. The second-order valence-electron chi connectivity index (χ2n) is 12.6. The molecule has 0 spiro atoms. The number of nitrogens with one attached hydrogen (secondary N) is 2. The van der Waals surface area contributed by atoms with Crippen LogP contribution in [0.3, 0.4) is 0 Å². The predicted octanol–water partition coefficient (Wildman–Crippen LogP) is 3.70. The van der Waals surface area contributed by atoms with Gasteiger partial charge in [-0.05, 0) is 79.8 Å². The lowest BCUT2D eigenvalue weighted by molar-refractivity contribution is -0.136. The Kier molecular flexibility index (Phi) is 7.80. The van der Waals surface area contributed by atoms with Crippen LogP contribution in [0, 0.1) is 12.8 Å². The molecule has 0 bridgehead atoms. The highest BCUT2D eigenvalue weighted by atomic mass is 32.1. The highest BCUT2D eigenvalue weighted by molar-refractivity contribution is 7.21. The summed E-state index contributed by atoms with van der Waals surface area (Å²) in [5.74, 6) is 0.706. The Bertz CT molecular complexity index is 1850. The average molecular weight is 639 g/mol. The van der Waals surface area contributed by atoms with Crippen LogP contribution in [0.2, 0.25) is 0 Å². The topological polar surface area (TPSA) is 166 Å². The number of nitrogens with zero attached hydrogens (tertiary/aromatic N) is 1. The molecule has 0 saturated carbocycles. The first-order valence-electron chi connectivity index (χ1n) is 15.7. The molecule has 0 radical (unpaired) electrons. The molecule has 46 heavy (non-hydrogen) atoms. The maximum Gasteiger partial charge on any atom is 0.262 e. The number of amides is 2. The van der Waals surface area contributed by atoms with Crippen LogP contribution < -0.4 is 32.6 Å². The van der Waals surface area contributed by atoms with Gasteiger partial charge in [-0.3, -0.25) is 14.4 Å². The van der Waals surface area contributed by atoms with Gasteiger partial charge >= 0.3 is 0 Å². The lowest BCUT2D eigenvalue weighted by Crippen LogP contribution is -2.53. The molecule has 2 aliphatic heterocycles. The summed E-state index contributed by atoms with van der Waals surface area (Å²) in [5.41, 5.74) is 21.6. The van der Waals surface area contributed by atoms with Crippen LogP contribution in [0.15, 0.2) is 60.7 Å². The molecule has 7 rings (SSSR count). The summed E-state index contributed by atoms with van der Waals surface area (Å²) in [6.07, 6.45) is 2.39. The van der Waals surface area contributed by atoms with E-state index in [4.69, 9.17) is 21.9 Å². The molecule has 10 nitrogen and oxygen atoms in total. The number of anilines is 1. The zero-order valence-corrected chi connectivity index (χ0v) is 26.5. The molecule has 238 valence electrons. The van der Waals surface area contributed by atoms with Gasteiger partial charge in [0.1, 0.15) is 17.0 Å². The smallest absolute Gasteiger partial charge is 0.262 e. The quantitative estimate of drug-likeness (QED) is 0.200. The average Bonchev–Trinajstić information content (AvgIpc) is 3.74. The van der Waals surface area contributed by atoms with Crippen LogP contribution in [0.25, 0.3) is 10.1 Å². The number of likely N-dealkylation sites (tertiary alicyclic amines) is 1. The normalized spacial score (nSPS) is 24.3. The van der Waals surface area contributed by atoms with E-state index in [1.807, 2.05) is 54.3 Å². The molecular weight excluding hydrogens is 600 g/mol. The maximum absolute atomic E-state index is 14.3. The van der Waals surface area contributed by atoms with Crippen molar-refractivity contribution in [3.8, 4) is 11.5 Å². The number of rotatable bonds is 6. The molecule has 2 unspecified atom stereocenters. The van der Waals surface area contributed by atoms with Crippen molar-refractivity contribution in [2.24, 2.45) is 17.4 Å². The number of carbonyl (C=O) groups is 3. The van der Waals surface area contributed by atoms with Crippen molar-refractivity contribution in [2.75, 3.05) is 31.9 Å². The van der Waals surface area contributed by atoms with Crippen molar-refractivity contribution in [1.82, 2.24) is 15.5 Å². The third kappa shape index (κ3) is 5.04. The fourth-order valence-corrected chi connectivity index (χ4v) is 8.47. The number of nitrogen functional groups attached to an aromatic ring is 1. The van der Waals surface area contributed by atoms with E-state index in [0.29, 0.717) is 68.5 Å². The second-order valence-corrected chi connectivity index (χ2v) is 13.6. The van der Waals surface area contributed by atoms with Gasteiger partial charge in [0, 0.05) is 42.3 Å². The van der Waals surface area contributed by atoms with Gasteiger partial charge in [0.2, 0.25) is 5.91 Å². The van der Waals surface area contributed by atoms with Crippen LogP contribution >= 0.6 is 11.3 Å². The van der Waals surface area contributed by atoms with Crippen molar-refractivity contribution in [2.45, 2.75) is 43.8 Å². The molecule has 3 aliphatic rings. The summed E-state index contributed by atoms with van der Waals surface area (Å²) in [6, 6.07) is 17.0. The zero-order valence-electron chi connectivity index (χ0n) is 25.7. The van der Waals surface area contributed by atoms with E-state index in [9.17, 15) is 14.4 Å². The molecule has 1 aromatic heterocycles. The van der Waals surface area contributed by atoms with Gasteiger partial charge in [0.15, 0.2) is 5.78 Å². The number of carbonyl (C=O) groups excluding carboxylic acids is 3. The SMILES string of the molecule is Cc1cc(Oc2ccccc2)ccc1C1(N)C(=O)C(N)c2c(C(=O)N[C@@H]3CCCN(C(=O)[C@@H]4CCNC4)C3)sc3c(N)ccc1c23. The van der Waals surface area contributed by atoms with Gasteiger partial charge < -0.3 is 37.5 Å². The molecule has 2 fully saturated rings. The number of Topliss-reactive ketones (excluding diaryl/α,β-unsaturated/α-hetero) is 1. The van der Waals surface area contributed by atoms with Gasteiger partial charge in [-0.1, -0.05) is 30.3 Å². The third-order valence-corrected chi connectivity index (χ3v) is 10.9. The predicted molar refractivity (Wildman–Crippen MR) is 179 cm³/mol. The van der Waals surface area contributed by atoms with Crippen LogP contribution in [-0.4, -0.2) is 54.7 Å². The number of aryl methyl sites for hydroxylation is 1. The van der Waals surface area contributed by atoms with Gasteiger partial charge in [0.25, 0.3) is 5.91 Å². The number of piperidine rings is 1. The Balaban J connectivity index is 1.21. The fraction of sp³-hybridized carbons (Fsp3) is 0.343. The number of para-hydroxylation sites is 1. The summed E-state index contributed by atoms with van der Waals surface area (Å²) in [5, 5.41) is 7.05. The number of ether oxygens (including phenoxy) is 1. The van der Waals surface area contributed by atoms with E-state index in [-0.39, 0.29) is 23.8 Å². The number of nitrogens with two attached hydrogens (primary N) is 3. The molecular formula is C35H38N6O4S. The van der Waals surface area contributed by atoms with Gasteiger partial charge in [-0.25, -0.2) is 0 Å². The van der Waals surface area contributed by atoms with Gasteiger partial charge in [0.05, 0.1) is 21.5 Å². The van der Waals surface area contributed by atoms with Crippen molar-refractivity contribution >= 4 is 44.7 Å². The minimum absolute atomic E-state index is 0.0142. The molecule has 1 aliphatic carbocycles. The van der Waals surface area contributed by atoms with E-state index < -0.39 is 17.4 Å². The van der Waals surface area contributed by atoms with Gasteiger partial charge in [-0.2, -0.15) is 0 Å². The molecule has 4 aromatic rings. The molecule has 2 saturated heterocycles. The van der Waals surface area contributed by atoms with Crippen molar-refractivity contribution < 1.29 is 19.1 Å². The second kappa shape index (κ2) is 11.8. The lowest BCUT2D eigenvalue weighted by atomic mass is 9.69. The van der Waals surface area contributed by atoms with Crippen LogP contribution in [0.1, 0.15) is 57.2 Å².